The number of rotatable bonds is 8. The third kappa shape index (κ3) is 6.07. The molecule has 2 aromatic rings. The van der Waals surface area contributed by atoms with Gasteiger partial charge in [-0.05, 0) is 31.2 Å². The second-order valence-electron chi connectivity index (χ2n) is 9.50. The maximum atomic E-state index is 12.9. The Morgan fingerprint density at radius 2 is 1.92 bits per heavy atom. The lowest BCUT2D eigenvalue weighted by Gasteiger charge is -2.42. The first-order valence-corrected chi connectivity index (χ1v) is 12.4. The molecule has 1 unspecified atom stereocenters. The van der Waals surface area contributed by atoms with E-state index in [1.807, 2.05) is 6.08 Å². The minimum atomic E-state index is -4.42. The number of hydrogen-bond acceptors (Lipinski definition) is 6. The number of carbonyl (C=O) groups excluding carboxylic acids is 2. The number of nitrogens with one attached hydrogen (secondary N) is 1. The SMILES string of the molecule is C=CCOC(=O)N1CC(/C=C(/Cc2cccc(-c3ccc(C(F)(F)F)cc3)n2)C(=O)OCC)C2(CNC2)C1. The number of likely N-dealkylation sites (tertiary alicyclic amines) is 1. The average Bonchev–Trinajstić information content (AvgIpc) is 3.27. The second-order valence-corrected chi connectivity index (χ2v) is 9.50. The number of pyridine rings is 1. The Hall–Kier alpha value is -3.66. The summed E-state index contributed by atoms with van der Waals surface area (Å²) >= 11 is 0. The van der Waals surface area contributed by atoms with E-state index in [0.717, 1.165) is 12.1 Å². The molecule has 2 aliphatic rings. The Morgan fingerprint density at radius 1 is 1.18 bits per heavy atom. The van der Waals surface area contributed by atoms with E-state index < -0.39 is 23.8 Å². The van der Waals surface area contributed by atoms with Crippen LogP contribution in [0.4, 0.5) is 18.0 Å². The van der Waals surface area contributed by atoms with Crippen molar-refractivity contribution in [2.45, 2.75) is 19.5 Å². The van der Waals surface area contributed by atoms with E-state index >= 15 is 0 Å². The zero-order valence-corrected chi connectivity index (χ0v) is 21.1. The number of ether oxygens (including phenoxy) is 2. The zero-order chi connectivity index (χ0) is 27.3. The molecule has 2 fully saturated rings. The van der Waals surface area contributed by atoms with Crippen LogP contribution < -0.4 is 5.32 Å². The first-order chi connectivity index (χ1) is 18.1. The highest BCUT2D eigenvalue weighted by molar-refractivity contribution is 5.89. The molecule has 1 aromatic heterocycles. The first kappa shape index (κ1) is 27.4. The van der Waals surface area contributed by atoms with Gasteiger partial charge in [-0.3, -0.25) is 4.98 Å². The Labute approximate surface area is 219 Å². The lowest BCUT2D eigenvalue weighted by molar-refractivity contribution is -0.139. The molecule has 1 N–H and O–H groups in total. The zero-order valence-electron chi connectivity index (χ0n) is 21.1. The van der Waals surface area contributed by atoms with E-state index in [1.165, 1.54) is 18.2 Å². The number of alkyl halides is 3. The normalized spacial score (nSPS) is 18.7. The molecule has 1 atom stereocenters. The van der Waals surface area contributed by atoms with Crippen LogP contribution in [0, 0.1) is 11.3 Å². The van der Waals surface area contributed by atoms with Gasteiger partial charge in [-0.2, -0.15) is 13.2 Å². The third-order valence-electron chi connectivity index (χ3n) is 6.87. The maximum absolute atomic E-state index is 12.9. The van der Waals surface area contributed by atoms with Crippen molar-refractivity contribution in [3.05, 3.63) is 78.0 Å². The van der Waals surface area contributed by atoms with Crippen LogP contribution in [-0.2, 0) is 26.9 Å². The van der Waals surface area contributed by atoms with Gasteiger partial charge in [0.25, 0.3) is 0 Å². The average molecular weight is 530 g/mol. The van der Waals surface area contributed by atoms with E-state index in [-0.39, 0.29) is 31.0 Å². The molecule has 1 amide bonds. The number of carbonyl (C=O) groups is 2. The van der Waals surface area contributed by atoms with E-state index in [2.05, 4.69) is 16.9 Å². The van der Waals surface area contributed by atoms with Crippen LogP contribution in [-0.4, -0.2) is 61.3 Å². The summed E-state index contributed by atoms with van der Waals surface area (Å²) in [5, 5.41) is 3.27. The van der Waals surface area contributed by atoms with Crippen molar-refractivity contribution in [3.63, 3.8) is 0 Å². The summed E-state index contributed by atoms with van der Waals surface area (Å²) in [6.45, 7) is 7.94. The van der Waals surface area contributed by atoms with Gasteiger partial charge in [0, 0.05) is 60.8 Å². The van der Waals surface area contributed by atoms with Crippen LogP contribution in [0.3, 0.4) is 0 Å². The molecule has 0 aliphatic carbocycles. The lowest BCUT2D eigenvalue weighted by Crippen LogP contribution is -2.58. The highest BCUT2D eigenvalue weighted by Crippen LogP contribution is 2.41. The molecule has 4 rings (SSSR count). The summed E-state index contributed by atoms with van der Waals surface area (Å²) in [6.07, 6.45) is -1.27. The molecule has 1 spiro atoms. The Balaban J connectivity index is 1.58. The minimum absolute atomic E-state index is 0.0995. The van der Waals surface area contributed by atoms with Gasteiger partial charge < -0.3 is 19.7 Å². The molecular formula is C28H30F3N3O4. The monoisotopic (exact) mass is 529 g/mol. The number of esters is 1. The summed E-state index contributed by atoms with van der Waals surface area (Å²) in [5.74, 6) is -0.568. The molecule has 7 nitrogen and oxygen atoms in total. The van der Waals surface area contributed by atoms with Crippen molar-refractivity contribution in [1.82, 2.24) is 15.2 Å². The summed E-state index contributed by atoms with van der Waals surface area (Å²) in [5.41, 5.74) is 1.08. The molecule has 0 radical (unpaired) electrons. The maximum Gasteiger partial charge on any atom is 0.416 e. The summed E-state index contributed by atoms with van der Waals surface area (Å²) < 4.78 is 49.4. The molecule has 3 heterocycles. The van der Waals surface area contributed by atoms with Crippen LogP contribution in [0.2, 0.25) is 0 Å². The molecule has 38 heavy (non-hydrogen) atoms. The number of nitrogens with zero attached hydrogens (tertiary/aromatic N) is 2. The van der Waals surface area contributed by atoms with E-state index in [9.17, 15) is 22.8 Å². The van der Waals surface area contributed by atoms with E-state index in [0.29, 0.717) is 48.7 Å². The fourth-order valence-corrected chi connectivity index (χ4v) is 4.83. The van der Waals surface area contributed by atoms with Gasteiger partial charge in [-0.25, -0.2) is 9.59 Å². The Kier molecular flexibility index (Phi) is 8.20. The van der Waals surface area contributed by atoms with Crippen LogP contribution in [0.5, 0.6) is 0 Å². The Bertz CT molecular complexity index is 1210. The highest BCUT2D eigenvalue weighted by atomic mass is 19.4. The van der Waals surface area contributed by atoms with Gasteiger partial charge in [0.15, 0.2) is 0 Å². The number of aromatic nitrogens is 1. The number of amides is 1. The smallest absolute Gasteiger partial charge is 0.416 e. The predicted octanol–water partition coefficient (Wildman–Crippen LogP) is 4.64. The fourth-order valence-electron chi connectivity index (χ4n) is 4.83. The predicted molar refractivity (Wildman–Crippen MR) is 135 cm³/mol. The van der Waals surface area contributed by atoms with Crippen LogP contribution in [0.15, 0.2) is 66.8 Å². The number of halogens is 3. The second kappa shape index (κ2) is 11.4. The highest BCUT2D eigenvalue weighted by Gasteiger charge is 2.51. The van der Waals surface area contributed by atoms with Crippen LogP contribution in [0.25, 0.3) is 11.3 Å². The van der Waals surface area contributed by atoms with Crippen molar-refractivity contribution < 1.29 is 32.2 Å². The largest absolute Gasteiger partial charge is 0.463 e. The molecule has 202 valence electrons. The van der Waals surface area contributed by atoms with Gasteiger partial charge in [0.05, 0.1) is 17.9 Å². The number of hydrogen-bond donors (Lipinski definition) is 1. The molecule has 0 bridgehead atoms. The van der Waals surface area contributed by atoms with Gasteiger partial charge in [0.1, 0.15) is 6.61 Å². The minimum Gasteiger partial charge on any atom is -0.463 e. The topological polar surface area (TPSA) is 80.8 Å². The van der Waals surface area contributed by atoms with Crippen molar-refractivity contribution in [2.75, 3.05) is 39.4 Å². The quantitative estimate of drug-likeness (QED) is 0.305. The van der Waals surface area contributed by atoms with Gasteiger partial charge >= 0.3 is 18.2 Å². The summed E-state index contributed by atoms with van der Waals surface area (Å²) in [7, 11) is 0. The summed E-state index contributed by atoms with van der Waals surface area (Å²) in [4.78, 5) is 31.7. The molecule has 1 aromatic carbocycles. The lowest BCUT2D eigenvalue weighted by atomic mass is 9.72. The van der Waals surface area contributed by atoms with Gasteiger partial charge in [-0.1, -0.05) is 36.9 Å². The van der Waals surface area contributed by atoms with Crippen molar-refractivity contribution in [3.8, 4) is 11.3 Å². The van der Waals surface area contributed by atoms with E-state index in [4.69, 9.17) is 9.47 Å². The van der Waals surface area contributed by atoms with Crippen molar-refractivity contribution >= 4 is 12.1 Å². The molecular weight excluding hydrogens is 499 g/mol. The standard InChI is InChI=1S/C28H30F3N3O4/c1-3-12-38-26(36)34-15-22(27(18-34)16-32-17-27)13-20(25(35)37-4-2)14-23-6-5-7-24(33-23)19-8-10-21(11-9-19)28(29,30)31/h3,5-11,13,22,32H,1,4,12,14-18H2,2H3/b20-13-. The van der Waals surface area contributed by atoms with E-state index in [1.54, 1.807) is 30.0 Å². The number of benzene rings is 1. The molecule has 10 heteroatoms. The Morgan fingerprint density at radius 3 is 2.53 bits per heavy atom. The molecule has 2 saturated heterocycles. The first-order valence-electron chi connectivity index (χ1n) is 12.4. The van der Waals surface area contributed by atoms with Crippen LogP contribution in [0.1, 0.15) is 18.2 Å². The van der Waals surface area contributed by atoms with Gasteiger partial charge in [0.2, 0.25) is 0 Å². The van der Waals surface area contributed by atoms with Crippen LogP contribution >= 0.6 is 0 Å². The summed E-state index contributed by atoms with van der Waals surface area (Å²) in [6, 6.07) is 10.0. The van der Waals surface area contributed by atoms with Crippen molar-refractivity contribution in [1.29, 1.82) is 0 Å². The molecule has 0 saturated carbocycles. The third-order valence-corrected chi connectivity index (χ3v) is 6.87. The fraction of sp³-hybridized carbons (Fsp3) is 0.393. The molecule has 2 aliphatic heterocycles. The van der Waals surface area contributed by atoms with Crippen molar-refractivity contribution in [2.24, 2.45) is 11.3 Å². The van der Waals surface area contributed by atoms with Gasteiger partial charge in [-0.15, -0.1) is 0 Å².